The van der Waals surface area contributed by atoms with Crippen LogP contribution in [0.1, 0.15) is 18.2 Å². The van der Waals surface area contributed by atoms with Crippen molar-refractivity contribution in [2.24, 2.45) is 0 Å². The van der Waals surface area contributed by atoms with Crippen molar-refractivity contribution in [3.63, 3.8) is 0 Å². The van der Waals surface area contributed by atoms with Gasteiger partial charge in [0.1, 0.15) is 0 Å². The molecular weight excluding hydrogens is 368 g/mol. The Kier molecular flexibility index (Phi) is 7.42. The minimum absolute atomic E-state index is 0.0858. The van der Waals surface area contributed by atoms with E-state index in [2.05, 4.69) is 0 Å². The highest BCUT2D eigenvalue weighted by atomic mass is 35.5. The molecule has 1 aromatic carbocycles. The molecule has 1 heterocycles. The summed E-state index contributed by atoms with van der Waals surface area (Å²) in [6.07, 6.45) is 4.12. The second-order valence-electron chi connectivity index (χ2n) is 6.06. The van der Waals surface area contributed by atoms with Crippen LogP contribution in [0.3, 0.4) is 0 Å². The Bertz CT molecular complexity index is 799. The van der Waals surface area contributed by atoms with Gasteiger partial charge in [-0.05, 0) is 30.7 Å². The average Bonchev–Trinajstić information content (AvgIpc) is 3.08. The normalized spacial score (nSPS) is 10.9. The molecule has 0 saturated carbocycles. The quantitative estimate of drug-likeness (QED) is 0.657. The van der Waals surface area contributed by atoms with Crippen LogP contribution in [0.4, 0.5) is 0 Å². The van der Waals surface area contributed by atoms with Gasteiger partial charge in [-0.15, -0.1) is 11.3 Å². The molecule has 0 fully saturated rings. The Morgan fingerprint density at radius 3 is 2.54 bits per heavy atom. The minimum Gasteiger partial charge on any atom is -0.347 e. The van der Waals surface area contributed by atoms with Crippen LogP contribution in [0.5, 0.6) is 0 Å². The second-order valence-corrected chi connectivity index (χ2v) is 7.59. The first kappa shape index (κ1) is 20.2. The molecule has 0 aliphatic heterocycles. The Hall–Kier alpha value is -2.11. The van der Waals surface area contributed by atoms with Crippen LogP contribution in [0.25, 0.3) is 16.5 Å². The number of likely N-dealkylation sites (N-methyl/N-ethyl adjacent to an activating group) is 1. The zero-order valence-corrected chi connectivity index (χ0v) is 16.8. The monoisotopic (exact) mass is 390 g/mol. The molecule has 0 unspecified atom stereocenters. The Morgan fingerprint density at radius 1 is 1.15 bits per heavy atom. The van der Waals surface area contributed by atoms with Crippen molar-refractivity contribution >= 4 is 40.8 Å². The van der Waals surface area contributed by atoms with Crippen LogP contribution in [0.2, 0.25) is 5.02 Å². The fourth-order valence-electron chi connectivity index (χ4n) is 2.35. The summed E-state index contributed by atoms with van der Waals surface area (Å²) in [6, 6.07) is 11.6. The van der Waals surface area contributed by atoms with Gasteiger partial charge < -0.3 is 9.80 Å². The standard InChI is InChI=1S/C20H23ClN2O2S/c1-4-13-23(14-20(25)22(2)3)19(24)12-10-15-9-11-18(26-15)16-7-5-6-8-17(16)21/h5-12H,4,13-14H2,1-3H3. The number of nitrogens with zero attached hydrogens (tertiary/aromatic N) is 2. The van der Waals surface area contributed by atoms with E-state index < -0.39 is 0 Å². The third-order valence-corrected chi connectivity index (χ3v) is 5.20. The summed E-state index contributed by atoms with van der Waals surface area (Å²) < 4.78 is 0. The molecule has 4 nitrogen and oxygen atoms in total. The number of thiophene rings is 1. The maximum Gasteiger partial charge on any atom is 0.247 e. The molecule has 2 aromatic rings. The number of halogens is 1. The SMILES string of the molecule is CCCN(CC(=O)N(C)C)C(=O)C=Cc1ccc(-c2ccccc2Cl)s1. The summed E-state index contributed by atoms with van der Waals surface area (Å²) in [5.41, 5.74) is 0.981. The number of rotatable bonds is 7. The summed E-state index contributed by atoms with van der Waals surface area (Å²) >= 11 is 7.81. The van der Waals surface area contributed by atoms with Gasteiger partial charge in [0.25, 0.3) is 0 Å². The molecule has 0 aliphatic rings. The highest BCUT2D eigenvalue weighted by Crippen LogP contribution is 2.33. The molecule has 2 rings (SSSR count). The minimum atomic E-state index is -0.158. The molecule has 138 valence electrons. The lowest BCUT2D eigenvalue weighted by Gasteiger charge is -2.21. The number of carbonyl (C=O) groups is 2. The summed E-state index contributed by atoms with van der Waals surface area (Å²) in [5, 5.41) is 0.706. The predicted octanol–water partition coefficient (Wildman–Crippen LogP) is 4.41. The van der Waals surface area contributed by atoms with E-state index in [-0.39, 0.29) is 18.4 Å². The summed E-state index contributed by atoms with van der Waals surface area (Å²) in [4.78, 5) is 29.4. The molecule has 0 N–H and O–H groups in total. The predicted molar refractivity (Wildman–Crippen MR) is 109 cm³/mol. The molecular formula is C20H23ClN2O2S. The van der Waals surface area contributed by atoms with Gasteiger partial charge in [0, 0.05) is 47.1 Å². The highest BCUT2D eigenvalue weighted by molar-refractivity contribution is 7.16. The van der Waals surface area contributed by atoms with E-state index in [0.29, 0.717) is 11.6 Å². The Morgan fingerprint density at radius 2 is 1.88 bits per heavy atom. The van der Waals surface area contributed by atoms with Gasteiger partial charge in [0.2, 0.25) is 11.8 Å². The van der Waals surface area contributed by atoms with E-state index in [9.17, 15) is 9.59 Å². The van der Waals surface area contributed by atoms with Crippen LogP contribution in [0.15, 0.2) is 42.5 Å². The molecule has 0 atom stereocenters. The third kappa shape index (κ3) is 5.44. The molecule has 1 aromatic heterocycles. The highest BCUT2D eigenvalue weighted by Gasteiger charge is 2.15. The molecule has 0 bridgehead atoms. The maximum absolute atomic E-state index is 12.4. The van der Waals surface area contributed by atoms with Gasteiger partial charge in [-0.3, -0.25) is 9.59 Å². The van der Waals surface area contributed by atoms with Crippen molar-refractivity contribution in [3.05, 3.63) is 52.4 Å². The fourth-order valence-corrected chi connectivity index (χ4v) is 3.59. The van der Waals surface area contributed by atoms with Crippen molar-refractivity contribution in [2.75, 3.05) is 27.2 Å². The number of amides is 2. The molecule has 0 radical (unpaired) electrons. The van der Waals surface area contributed by atoms with Crippen molar-refractivity contribution in [2.45, 2.75) is 13.3 Å². The van der Waals surface area contributed by atoms with E-state index >= 15 is 0 Å². The molecule has 0 spiro atoms. The van der Waals surface area contributed by atoms with Gasteiger partial charge in [-0.25, -0.2) is 0 Å². The summed E-state index contributed by atoms with van der Waals surface area (Å²) in [7, 11) is 3.38. The van der Waals surface area contributed by atoms with Crippen LogP contribution in [-0.2, 0) is 9.59 Å². The van der Waals surface area contributed by atoms with Gasteiger partial charge in [-0.2, -0.15) is 0 Å². The average molecular weight is 391 g/mol. The van der Waals surface area contributed by atoms with E-state index in [4.69, 9.17) is 11.6 Å². The van der Waals surface area contributed by atoms with E-state index in [1.165, 1.54) is 11.0 Å². The smallest absolute Gasteiger partial charge is 0.247 e. The van der Waals surface area contributed by atoms with Crippen LogP contribution >= 0.6 is 22.9 Å². The van der Waals surface area contributed by atoms with Crippen LogP contribution < -0.4 is 0 Å². The Labute approximate surface area is 163 Å². The van der Waals surface area contributed by atoms with Gasteiger partial charge >= 0.3 is 0 Å². The van der Waals surface area contributed by atoms with Crippen LogP contribution in [0, 0.1) is 0 Å². The van der Waals surface area contributed by atoms with Crippen molar-refractivity contribution in [3.8, 4) is 10.4 Å². The van der Waals surface area contributed by atoms with E-state index in [1.807, 2.05) is 43.3 Å². The number of hydrogen-bond donors (Lipinski definition) is 0. The molecule has 0 aliphatic carbocycles. The van der Waals surface area contributed by atoms with Crippen molar-refractivity contribution < 1.29 is 9.59 Å². The maximum atomic E-state index is 12.4. The van der Waals surface area contributed by atoms with Gasteiger partial charge in [0.05, 0.1) is 6.54 Å². The fraction of sp³-hybridized carbons (Fsp3) is 0.300. The largest absolute Gasteiger partial charge is 0.347 e. The first-order valence-electron chi connectivity index (χ1n) is 8.44. The Balaban J connectivity index is 2.09. The molecule has 2 amide bonds. The second kappa shape index (κ2) is 9.55. The number of carbonyl (C=O) groups excluding carboxylic acids is 2. The zero-order chi connectivity index (χ0) is 19.1. The summed E-state index contributed by atoms with van der Waals surface area (Å²) in [6.45, 7) is 2.64. The third-order valence-electron chi connectivity index (χ3n) is 3.79. The lowest BCUT2D eigenvalue weighted by atomic mass is 10.2. The van der Waals surface area contributed by atoms with Gasteiger partial charge in [0.15, 0.2) is 0 Å². The number of benzene rings is 1. The summed E-state index contributed by atoms with van der Waals surface area (Å²) in [5.74, 6) is -0.243. The van der Waals surface area contributed by atoms with Gasteiger partial charge in [-0.1, -0.05) is 36.7 Å². The molecule has 6 heteroatoms. The van der Waals surface area contributed by atoms with E-state index in [0.717, 1.165) is 21.7 Å². The molecule has 0 saturated heterocycles. The van der Waals surface area contributed by atoms with Crippen molar-refractivity contribution in [1.82, 2.24) is 9.80 Å². The lowest BCUT2D eigenvalue weighted by Crippen LogP contribution is -2.39. The lowest BCUT2D eigenvalue weighted by molar-refractivity contribution is -0.136. The zero-order valence-electron chi connectivity index (χ0n) is 15.2. The number of hydrogen-bond acceptors (Lipinski definition) is 3. The van der Waals surface area contributed by atoms with Crippen LogP contribution in [-0.4, -0.2) is 48.8 Å². The van der Waals surface area contributed by atoms with E-state index in [1.54, 1.807) is 36.4 Å². The first-order chi connectivity index (χ1) is 12.4. The van der Waals surface area contributed by atoms with Crippen molar-refractivity contribution in [1.29, 1.82) is 0 Å². The molecule has 26 heavy (non-hydrogen) atoms. The first-order valence-corrected chi connectivity index (χ1v) is 9.63. The topological polar surface area (TPSA) is 40.6 Å².